The Labute approximate surface area is 88.2 Å². The van der Waals surface area contributed by atoms with Crippen LogP contribution in [0.2, 0.25) is 0 Å². The minimum atomic E-state index is -2.94. The van der Waals surface area contributed by atoms with Crippen LogP contribution in [0.4, 0.5) is 0 Å². The molecule has 0 aliphatic heterocycles. The van der Waals surface area contributed by atoms with Crippen molar-refractivity contribution >= 4 is 8.97 Å². The molecule has 0 aromatic heterocycles. The van der Waals surface area contributed by atoms with E-state index in [1.165, 1.54) is 0 Å². The maximum Gasteiger partial charge on any atom is 0.594 e. The third-order valence-corrected chi connectivity index (χ3v) is 3.60. The number of hydrogen-bond acceptors (Lipinski definition) is 4. The Morgan fingerprint density at radius 1 is 0.714 bits per heavy atom. The first-order chi connectivity index (χ1) is 6.25. The van der Waals surface area contributed by atoms with Crippen molar-refractivity contribution in [2.24, 2.45) is 5.40 Å². The molecular weight excluding hydrogens is 198 g/mol. The van der Waals surface area contributed by atoms with Crippen molar-refractivity contribution in [2.75, 3.05) is 0 Å². The summed E-state index contributed by atoms with van der Waals surface area (Å²) in [4.78, 5) is 0. The smallest absolute Gasteiger partial charge is 0.359 e. The van der Waals surface area contributed by atoms with Gasteiger partial charge in [0.15, 0.2) is 0 Å². The Balaban J connectivity index is 4.32. The average Bonchev–Trinajstić information content (AvgIpc) is 1.76. The highest BCUT2D eigenvalue weighted by Crippen LogP contribution is 2.11. The molecule has 0 atom stereocenters. The molecule has 0 unspecified atom stereocenters. The van der Waals surface area contributed by atoms with Crippen LogP contribution in [0, 0.1) is 0 Å². The maximum atomic E-state index is 5.97. The van der Waals surface area contributed by atoms with E-state index in [1.807, 2.05) is 41.5 Å². The van der Waals surface area contributed by atoms with Gasteiger partial charge < -0.3 is 13.3 Å². The first-order valence-electron chi connectivity index (χ1n) is 5.07. The lowest BCUT2D eigenvalue weighted by atomic mass is 10.5. The van der Waals surface area contributed by atoms with Crippen molar-refractivity contribution in [3.63, 3.8) is 0 Å². The third kappa shape index (κ3) is 6.50. The Morgan fingerprint density at radius 3 is 1.07 bits per heavy atom. The summed E-state index contributed by atoms with van der Waals surface area (Å²) in [6.45, 7) is 11.5. The summed E-state index contributed by atoms with van der Waals surface area (Å²) in [5, 5.41) is 5.97. The van der Waals surface area contributed by atoms with E-state index >= 15 is 0 Å². The molecule has 86 valence electrons. The van der Waals surface area contributed by atoms with Gasteiger partial charge in [-0.15, -0.1) is 0 Å². The predicted octanol–water partition coefficient (Wildman–Crippen LogP) is 1.66. The van der Waals surface area contributed by atoms with Gasteiger partial charge in [-0.3, -0.25) is 5.40 Å². The van der Waals surface area contributed by atoms with Gasteiger partial charge in [-0.25, -0.2) is 0 Å². The molecule has 0 radical (unpaired) electrons. The monoisotopic (exact) mass is 221 g/mol. The van der Waals surface area contributed by atoms with Gasteiger partial charge in [-0.05, 0) is 41.5 Å². The maximum absolute atomic E-state index is 5.97. The minimum absolute atomic E-state index is 0.0177. The molecule has 0 aromatic rings. The van der Waals surface area contributed by atoms with Crippen molar-refractivity contribution in [3.05, 3.63) is 0 Å². The van der Waals surface area contributed by atoms with Crippen LogP contribution in [0.5, 0.6) is 0 Å². The Kier molecular flexibility index (Phi) is 5.85. The zero-order chi connectivity index (χ0) is 11.4. The van der Waals surface area contributed by atoms with Crippen LogP contribution in [0.1, 0.15) is 41.5 Å². The van der Waals surface area contributed by atoms with E-state index < -0.39 is 8.97 Å². The molecular formula is C9H23NO3Si. The average molecular weight is 221 g/mol. The highest BCUT2D eigenvalue weighted by molar-refractivity contribution is 6.57. The standard InChI is InChI=1S/C9H23NO3Si/c1-7(2)11-14(10,12-8(3)4)13-9(5)6/h7-9H,10H2,1-6H3. The largest absolute Gasteiger partial charge is 0.594 e. The Bertz CT molecular complexity index is 136. The normalized spacial score (nSPS) is 13.3. The van der Waals surface area contributed by atoms with Gasteiger partial charge in [0.1, 0.15) is 0 Å². The van der Waals surface area contributed by atoms with E-state index in [0.717, 1.165) is 0 Å². The lowest BCUT2D eigenvalue weighted by Gasteiger charge is -2.30. The van der Waals surface area contributed by atoms with Crippen LogP contribution in [0.3, 0.4) is 0 Å². The lowest BCUT2D eigenvalue weighted by Crippen LogP contribution is -2.59. The van der Waals surface area contributed by atoms with E-state index in [0.29, 0.717) is 0 Å². The second kappa shape index (κ2) is 5.82. The van der Waals surface area contributed by atoms with Crippen LogP contribution in [-0.2, 0) is 13.3 Å². The van der Waals surface area contributed by atoms with Gasteiger partial charge in [-0.2, -0.15) is 0 Å². The molecule has 0 aliphatic carbocycles. The summed E-state index contributed by atoms with van der Waals surface area (Å²) in [6.07, 6.45) is 0.0532. The predicted molar refractivity (Wildman–Crippen MR) is 58.6 cm³/mol. The molecule has 2 N–H and O–H groups in total. The van der Waals surface area contributed by atoms with Crippen molar-refractivity contribution in [2.45, 2.75) is 59.9 Å². The highest BCUT2D eigenvalue weighted by Gasteiger charge is 2.40. The topological polar surface area (TPSA) is 53.7 Å². The zero-order valence-electron chi connectivity index (χ0n) is 10.0. The van der Waals surface area contributed by atoms with Crippen LogP contribution < -0.4 is 5.40 Å². The number of rotatable bonds is 6. The van der Waals surface area contributed by atoms with Crippen molar-refractivity contribution < 1.29 is 13.3 Å². The van der Waals surface area contributed by atoms with Crippen LogP contribution in [0.15, 0.2) is 0 Å². The summed E-state index contributed by atoms with van der Waals surface area (Å²) in [6, 6.07) is 0. The molecule has 0 saturated heterocycles. The summed E-state index contributed by atoms with van der Waals surface area (Å²) in [7, 11) is -2.94. The summed E-state index contributed by atoms with van der Waals surface area (Å²) in [5.74, 6) is 0. The zero-order valence-corrected chi connectivity index (χ0v) is 11.0. The molecule has 14 heavy (non-hydrogen) atoms. The lowest BCUT2D eigenvalue weighted by molar-refractivity contribution is 0.00385. The summed E-state index contributed by atoms with van der Waals surface area (Å²) in [5.41, 5.74) is 0. The van der Waals surface area contributed by atoms with Gasteiger partial charge in [0.05, 0.1) is 0 Å². The molecule has 0 spiro atoms. The van der Waals surface area contributed by atoms with Gasteiger partial charge >= 0.3 is 8.97 Å². The van der Waals surface area contributed by atoms with E-state index in [2.05, 4.69) is 0 Å². The van der Waals surface area contributed by atoms with Gasteiger partial charge in [0.25, 0.3) is 0 Å². The Morgan fingerprint density at radius 2 is 0.929 bits per heavy atom. The second-order valence-electron chi connectivity index (χ2n) is 4.10. The quantitative estimate of drug-likeness (QED) is 0.693. The number of nitrogens with two attached hydrogens (primary N) is 1. The third-order valence-electron chi connectivity index (χ3n) is 1.20. The fourth-order valence-electron chi connectivity index (χ4n) is 1.07. The molecule has 4 nitrogen and oxygen atoms in total. The van der Waals surface area contributed by atoms with E-state index in [4.69, 9.17) is 18.7 Å². The first kappa shape index (κ1) is 14.1. The first-order valence-corrected chi connectivity index (χ1v) is 6.87. The molecule has 0 amide bonds. The molecule has 0 rings (SSSR count). The van der Waals surface area contributed by atoms with Crippen molar-refractivity contribution in [1.82, 2.24) is 0 Å². The number of hydrogen-bond donors (Lipinski definition) is 1. The fraction of sp³-hybridized carbons (Fsp3) is 1.00. The minimum Gasteiger partial charge on any atom is -0.359 e. The Hall–Kier alpha value is 0.0569. The van der Waals surface area contributed by atoms with E-state index in [1.54, 1.807) is 0 Å². The SMILES string of the molecule is CC(C)O[Si](N)(OC(C)C)OC(C)C. The second-order valence-corrected chi connectivity index (χ2v) is 6.02. The van der Waals surface area contributed by atoms with Gasteiger partial charge in [0, 0.05) is 18.3 Å². The molecule has 0 aromatic carbocycles. The van der Waals surface area contributed by atoms with Crippen LogP contribution in [-0.4, -0.2) is 27.3 Å². The van der Waals surface area contributed by atoms with Crippen LogP contribution >= 0.6 is 0 Å². The fourth-order valence-corrected chi connectivity index (χ4v) is 3.21. The van der Waals surface area contributed by atoms with Crippen LogP contribution in [0.25, 0.3) is 0 Å². The molecule has 0 saturated carbocycles. The molecule has 0 heterocycles. The van der Waals surface area contributed by atoms with Crippen molar-refractivity contribution in [1.29, 1.82) is 0 Å². The summed E-state index contributed by atoms with van der Waals surface area (Å²) < 4.78 is 16.6. The molecule has 0 bridgehead atoms. The highest BCUT2D eigenvalue weighted by atomic mass is 28.4. The van der Waals surface area contributed by atoms with Crippen molar-refractivity contribution in [3.8, 4) is 0 Å². The summed E-state index contributed by atoms with van der Waals surface area (Å²) >= 11 is 0. The molecule has 0 fully saturated rings. The molecule has 5 heteroatoms. The van der Waals surface area contributed by atoms with Gasteiger partial charge in [-0.1, -0.05) is 0 Å². The van der Waals surface area contributed by atoms with E-state index in [-0.39, 0.29) is 18.3 Å². The van der Waals surface area contributed by atoms with Gasteiger partial charge in [0.2, 0.25) is 0 Å². The van der Waals surface area contributed by atoms with E-state index in [9.17, 15) is 0 Å². The molecule has 0 aliphatic rings.